The number of piperidine rings is 1. The van der Waals surface area contributed by atoms with Crippen LogP contribution in [-0.4, -0.2) is 64.6 Å². The van der Waals surface area contributed by atoms with E-state index in [0.29, 0.717) is 43.0 Å². The first-order chi connectivity index (χ1) is 14.4. The zero-order valence-electron chi connectivity index (χ0n) is 18.6. The summed E-state index contributed by atoms with van der Waals surface area (Å²) in [5.74, 6) is 1.85. The van der Waals surface area contributed by atoms with Crippen LogP contribution >= 0.6 is 0 Å². The topological polar surface area (TPSA) is 83.0 Å². The molecular weight excluding hydrogens is 400 g/mol. The lowest BCUT2D eigenvalue weighted by molar-refractivity contribution is 0.128. The van der Waals surface area contributed by atoms with E-state index in [2.05, 4.69) is 24.5 Å². The largest absolute Gasteiger partial charge is 0.380 e. The molecule has 7 nitrogen and oxygen atoms in total. The van der Waals surface area contributed by atoms with E-state index in [9.17, 15) is 8.42 Å². The Morgan fingerprint density at radius 3 is 2.50 bits per heavy atom. The first kappa shape index (κ1) is 24.6. The highest BCUT2D eigenvalue weighted by atomic mass is 32.2. The van der Waals surface area contributed by atoms with E-state index in [0.717, 1.165) is 44.9 Å². The van der Waals surface area contributed by atoms with Gasteiger partial charge in [-0.15, -0.1) is 0 Å². The third-order valence-corrected chi connectivity index (χ3v) is 7.10. The highest BCUT2D eigenvalue weighted by Gasteiger charge is 2.29. The van der Waals surface area contributed by atoms with Crippen molar-refractivity contribution in [1.82, 2.24) is 14.9 Å². The maximum atomic E-state index is 12.7. The maximum Gasteiger partial charge on any atom is 0.243 e. The van der Waals surface area contributed by atoms with Crippen LogP contribution in [0.5, 0.6) is 0 Å². The molecular formula is C22H38N4O3S. The number of sulfonamides is 1. The van der Waals surface area contributed by atoms with Gasteiger partial charge in [0.2, 0.25) is 10.0 Å². The van der Waals surface area contributed by atoms with E-state index >= 15 is 0 Å². The molecule has 1 heterocycles. The molecule has 1 fully saturated rings. The summed E-state index contributed by atoms with van der Waals surface area (Å²) >= 11 is 0. The van der Waals surface area contributed by atoms with Crippen LogP contribution in [0, 0.1) is 11.8 Å². The quantitative estimate of drug-likeness (QED) is 0.315. The van der Waals surface area contributed by atoms with Gasteiger partial charge in [0.25, 0.3) is 0 Å². The van der Waals surface area contributed by atoms with Crippen LogP contribution in [0.25, 0.3) is 0 Å². The van der Waals surface area contributed by atoms with Crippen molar-refractivity contribution in [3.63, 3.8) is 0 Å². The van der Waals surface area contributed by atoms with Crippen molar-refractivity contribution < 1.29 is 13.2 Å². The van der Waals surface area contributed by atoms with Crippen LogP contribution in [0.2, 0.25) is 0 Å². The fourth-order valence-corrected chi connectivity index (χ4v) is 4.79. The van der Waals surface area contributed by atoms with Crippen LogP contribution in [0.15, 0.2) is 40.2 Å². The number of aliphatic imine (C=N–C) groups is 1. The van der Waals surface area contributed by atoms with Crippen molar-refractivity contribution in [2.45, 2.75) is 44.9 Å². The van der Waals surface area contributed by atoms with Crippen LogP contribution in [0.3, 0.4) is 0 Å². The van der Waals surface area contributed by atoms with Crippen molar-refractivity contribution in [1.29, 1.82) is 0 Å². The van der Waals surface area contributed by atoms with Crippen LogP contribution in [0.4, 0.5) is 0 Å². The molecule has 0 atom stereocenters. The minimum atomic E-state index is -3.39. The average Bonchev–Trinajstić information content (AvgIpc) is 2.75. The number of rotatable bonds is 11. The van der Waals surface area contributed by atoms with Crippen LogP contribution in [0.1, 0.15) is 40.0 Å². The van der Waals surface area contributed by atoms with Gasteiger partial charge in [-0.1, -0.05) is 32.0 Å². The number of guanidine groups is 1. The van der Waals surface area contributed by atoms with Gasteiger partial charge in [-0.2, -0.15) is 4.31 Å². The van der Waals surface area contributed by atoms with Gasteiger partial charge < -0.3 is 15.4 Å². The van der Waals surface area contributed by atoms with Gasteiger partial charge >= 0.3 is 0 Å². The van der Waals surface area contributed by atoms with Gasteiger partial charge in [0.15, 0.2) is 5.96 Å². The molecule has 0 amide bonds. The third kappa shape index (κ3) is 8.24. The monoisotopic (exact) mass is 438 g/mol. The lowest BCUT2D eigenvalue weighted by atomic mass is 9.98. The van der Waals surface area contributed by atoms with Crippen molar-refractivity contribution in [3.8, 4) is 0 Å². The Balaban J connectivity index is 1.75. The normalized spacial score (nSPS) is 16.7. The standard InChI is InChI=1S/C22H38N4O3S/c1-4-23-22(24-13-17-29-16-12-19(2)3)25-18-20-10-14-26(15-11-20)30(27,28)21-8-6-5-7-9-21/h5-9,19-20H,4,10-18H2,1-3H3,(H2,23,24,25). The molecule has 0 unspecified atom stereocenters. The minimum absolute atomic E-state index is 0.371. The molecule has 0 aromatic heterocycles. The molecule has 0 radical (unpaired) electrons. The second kappa shape index (κ2) is 12.9. The summed E-state index contributed by atoms with van der Waals surface area (Å²) in [6, 6.07) is 8.67. The first-order valence-corrected chi connectivity index (χ1v) is 12.5. The van der Waals surface area contributed by atoms with E-state index < -0.39 is 10.0 Å². The average molecular weight is 439 g/mol. The number of benzene rings is 1. The van der Waals surface area contributed by atoms with Gasteiger partial charge in [0.1, 0.15) is 0 Å². The fourth-order valence-electron chi connectivity index (χ4n) is 3.30. The van der Waals surface area contributed by atoms with Crippen molar-refractivity contribution in [3.05, 3.63) is 30.3 Å². The Morgan fingerprint density at radius 2 is 1.87 bits per heavy atom. The molecule has 170 valence electrons. The Labute approximate surface area is 182 Å². The molecule has 2 N–H and O–H groups in total. The molecule has 1 aliphatic heterocycles. The Bertz CT molecular complexity index is 730. The Kier molecular flexibility index (Phi) is 10.6. The van der Waals surface area contributed by atoms with Gasteiger partial charge in [0.05, 0.1) is 11.5 Å². The van der Waals surface area contributed by atoms with Gasteiger partial charge in [-0.3, -0.25) is 4.99 Å². The number of ether oxygens (including phenoxy) is 1. The zero-order chi connectivity index (χ0) is 21.8. The molecule has 0 saturated carbocycles. The maximum absolute atomic E-state index is 12.7. The molecule has 0 aliphatic carbocycles. The van der Waals surface area contributed by atoms with Crippen molar-refractivity contribution in [2.24, 2.45) is 16.8 Å². The molecule has 2 rings (SSSR count). The van der Waals surface area contributed by atoms with Crippen LogP contribution < -0.4 is 10.6 Å². The van der Waals surface area contributed by atoms with Crippen molar-refractivity contribution in [2.75, 3.05) is 45.9 Å². The van der Waals surface area contributed by atoms with Crippen molar-refractivity contribution >= 4 is 16.0 Å². The van der Waals surface area contributed by atoms with E-state index in [1.807, 2.05) is 13.0 Å². The van der Waals surface area contributed by atoms with Gasteiger partial charge in [0, 0.05) is 39.3 Å². The molecule has 1 saturated heterocycles. The van der Waals surface area contributed by atoms with E-state index in [1.165, 1.54) is 0 Å². The summed E-state index contributed by atoms with van der Waals surface area (Å²) < 4.78 is 32.7. The predicted octanol–water partition coefficient (Wildman–Crippen LogP) is 2.71. The molecule has 1 aromatic carbocycles. The van der Waals surface area contributed by atoms with Gasteiger partial charge in [-0.25, -0.2) is 8.42 Å². The number of hydrogen-bond donors (Lipinski definition) is 2. The molecule has 0 spiro atoms. The second-order valence-electron chi connectivity index (χ2n) is 8.10. The van der Waals surface area contributed by atoms with E-state index in [4.69, 9.17) is 9.73 Å². The summed E-state index contributed by atoms with van der Waals surface area (Å²) in [5.41, 5.74) is 0. The van der Waals surface area contributed by atoms with E-state index in [1.54, 1.807) is 28.6 Å². The second-order valence-corrected chi connectivity index (χ2v) is 10.0. The highest BCUT2D eigenvalue weighted by molar-refractivity contribution is 7.89. The number of nitrogens with one attached hydrogen (secondary N) is 2. The summed E-state index contributed by atoms with van der Waals surface area (Å²) in [6.45, 7) is 11.2. The summed E-state index contributed by atoms with van der Waals surface area (Å²) in [7, 11) is -3.39. The molecule has 0 bridgehead atoms. The molecule has 30 heavy (non-hydrogen) atoms. The lowest BCUT2D eigenvalue weighted by Gasteiger charge is -2.30. The predicted molar refractivity (Wildman–Crippen MR) is 122 cm³/mol. The first-order valence-electron chi connectivity index (χ1n) is 11.1. The molecule has 1 aliphatic rings. The van der Waals surface area contributed by atoms with Crippen LogP contribution in [-0.2, 0) is 14.8 Å². The minimum Gasteiger partial charge on any atom is -0.380 e. The lowest BCUT2D eigenvalue weighted by Crippen LogP contribution is -2.41. The summed E-state index contributed by atoms with van der Waals surface area (Å²) in [4.78, 5) is 5.07. The van der Waals surface area contributed by atoms with E-state index in [-0.39, 0.29) is 0 Å². The Morgan fingerprint density at radius 1 is 1.17 bits per heavy atom. The fraction of sp³-hybridized carbons (Fsp3) is 0.682. The Hall–Kier alpha value is -1.64. The summed E-state index contributed by atoms with van der Waals surface area (Å²) in [5, 5.41) is 6.57. The smallest absolute Gasteiger partial charge is 0.243 e. The number of hydrogen-bond acceptors (Lipinski definition) is 4. The molecule has 1 aromatic rings. The van der Waals surface area contributed by atoms with Gasteiger partial charge in [-0.05, 0) is 50.2 Å². The zero-order valence-corrected chi connectivity index (χ0v) is 19.5. The molecule has 8 heteroatoms. The third-order valence-electron chi connectivity index (χ3n) is 5.18. The highest BCUT2D eigenvalue weighted by Crippen LogP contribution is 2.23. The SMILES string of the molecule is CCNC(=NCC1CCN(S(=O)(=O)c2ccccc2)CC1)NCCOCCC(C)C. The number of nitrogens with zero attached hydrogens (tertiary/aromatic N) is 2. The summed E-state index contributed by atoms with van der Waals surface area (Å²) in [6.07, 6.45) is 2.73.